The van der Waals surface area contributed by atoms with Crippen LogP contribution in [-0.4, -0.2) is 53.8 Å². The predicted molar refractivity (Wildman–Crippen MR) is 84.2 cm³/mol. The number of carbonyl (C=O) groups is 2. The van der Waals surface area contributed by atoms with E-state index in [1.807, 2.05) is 0 Å². The monoisotopic (exact) mass is 301 g/mol. The van der Waals surface area contributed by atoms with Crippen molar-refractivity contribution in [2.45, 2.75) is 32.4 Å². The molecule has 2 aliphatic rings. The van der Waals surface area contributed by atoms with E-state index in [1.165, 1.54) is 24.0 Å². The highest BCUT2D eigenvalue weighted by Gasteiger charge is 2.32. The van der Waals surface area contributed by atoms with Gasteiger partial charge in [0.1, 0.15) is 0 Å². The van der Waals surface area contributed by atoms with Crippen LogP contribution in [0.5, 0.6) is 0 Å². The minimum absolute atomic E-state index is 0.0590. The Balaban J connectivity index is 1.62. The average Bonchev–Trinajstić information content (AvgIpc) is 3.31. The summed E-state index contributed by atoms with van der Waals surface area (Å²) >= 11 is 0. The van der Waals surface area contributed by atoms with Crippen molar-refractivity contribution in [1.29, 1.82) is 0 Å². The van der Waals surface area contributed by atoms with Crippen molar-refractivity contribution < 1.29 is 9.59 Å². The Labute approximate surface area is 131 Å². The zero-order valence-corrected chi connectivity index (χ0v) is 13.0. The normalized spacial score (nSPS) is 18.5. The summed E-state index contributed by atoms with van der Waals surface area (Å²) in [5.74, 6) is 0.00524. The molecule has 1 N–H and O–H groups in total. The molecule has 118 valence electrons. The van der Waals surface area contributed by atoms with Gasteiger partial charge < -0.3 is 10.2 Å². The Hall–Kier alpha value is -1.88. The molecule has 2 amide bonds. The van der Waals surface area contributed by atoms with E-state index in [0.29, 0.717) is 25.7 Å². The van der Waals surface area contributed by atoms with Gasteiger partial charge in [-0.3, -0.25) is 14.5 Å². The molecule has 0 atom stereocenters. The molecule has 2 fully saturated rings. The van der Waals surface area contributed by atoms with Crippen LogP contribution in [-0.2, 0) is 16.1 Å². The van der Waals surface area contributed by atoms with E-state index >= 15 is 0 Å². The Kier molecular flexibility index (Phi) is 4.43. The summed E-state index contributed by atoms with van der Waals surface area (Å²) in [6.45, 7) is 4.67. The first kappa shape index (κ1) is 15.0. The van der Waals surface area contributed by atoms with Crippen LogP contribution in [0.15, 0.2) is 24.3 Å². The fraction of sp³-hybridized carbons (Fsp3) is 0.529. The van der Waals surface area contributed by atoms with Crippen molar-refractivity contribution in [1.82, 2.24) is 15.1 Å². The number of nitrogens with one attached hydrogen (secondary N) is 1. The topological polar surface area (TPSA) is 52.7 Å². The fourth-order valence-corrected chi connectivity index (χ4v) is 2.92. The lowest BCUT2D eigenvalue weighted by atomic mass is 10.1. The molecule has 5 heteroatoms. The van der Waals surface area contributed by atoms with Crippen molar-refractivity contribution >= 4 is 11.8 Å². The molecular formula is C17H23N3O2. The molecule has 1 saturated heterocycles. The number of benzene rings is 1. The van der Waals surface area contributed by atoms with E-state index in [2.05, 4.69) is 41.4 Å². The van der Waals surface area contributed by atoms with Crippen molar-refractivity contribution in [3.8, 4) is 0 Å². The zero-order valence-electron chi connectivity index (χ0n) is 13.0. The Morgan fingerprint density at radius 2 is 2.23 bits per heavy atom. The molecular weight excluding hydrogens is 278 g/mol. The van der Waals surface area contributed by atoms with E-state index in [9.17, 15) is 9.59 Å². The minimum Gasteiger partial charge on any atom is -0.353 e. The summed E-state index contributed by atoms with van der Waals surface area (Å²) in [6, 6.07) is 8.95. The van der Waals surface area contributed by atoms with Crippen molar-refractivity contribution in [2.75, 3.05) is 26.2 Å². The molecule has 0 bridgehead atoms. The van der Waals surface area contributed by atoms with Gasteiger partial charge in [0.25, 0.3) is 0 Å². The molecule has 0 aromatic heterocycles. The maximum atomic E-state index is 12.4. The third-order valence-corrected chi connectivity index (χ3v) is 4.26. The first-order valence-corrected chi connectivity index (χ1v) is 7.96. The zero-order chi connectivity index (χ0) is 15.5. The van der Waals surface area contributed by atoms with Gasteiger partial charge in [0.15, 0.2) is 0 Å². The van der Waals surface area contributed by atoms with Gasteiger partial charge >= 0.3 is 0 Å². The third-order valence-electron chi connectivity index (χ3n) is 4.26. The van der Waals surface area contributed by atoms with E-state index in [-0.39, 0.29) is 18.4 Å². The van der Waals surface area contributed by atoms with Crippen molar-refractivity contribution in [3.05, 3.63) is 35.4 Å². The second-order valence-electron chi connectivity index (χ2n) is 6.29. The maximum Gasteiger partial charge on any atom is 0.239 e. The van der Waals surface area contributed by atoms with Crippen LogP contribution in [0.1, 0.15) is 24.0 Å². The number of carbonyl (C=O) groups excluding carboxylic acids is 2. The fourth-order valence-electron chi connectivity index (χ4n) is 2.92. The molecule has 22 heavy (non-hydrogen) atoms. The lowest BCUT2D eigenvalue weighted by Crippen LogP contribution is -2.52. The molecule has 1 aliphatic heterocycles. The number of rotatable bonds is 5. The van der Waals surface area contributed by atoms with E-state index in [0.717, 1.165) is 6.54 Å². The number of hydrogen-bond donors (Lipinski definition) is 1. The van der Waals surface area contributed by atoms with E-state index in [1.54, 1.807) is 4.90 Å². The number of nitrogens with zero attached hydrogens (tertiary/aromatic N) is 2. The van der Waals surface area contributed by atoms with Crippen LogP contribution in [0.4, 0.5) is 0 Å². The van der Waals surface area contributed by atoms with Crippen LogP contribution < -0.4 is 5.32 Å². The van der Waals surface area contributed by atoms with Crippen LogP contribution in [0.25, 0.3) is 0 Å². The van der Waals surface area contributed by atoms with Gasteiger partial charge in [-0.25, -0.2) is 0 Å². The lowest BCUT2D eigenvalue weighted by molar-refractivity contribution is -0.139. The van der Waals surface area contributed by atoms with Crippen LogP contribution >= 0.6 is 0 Å². The van der Waals surface area contributed by atoms with Gasteiger partial charge in [-0.1, -0.05) is 29.8 Å². The largest absolute Gasteiger partial charge is 0.353 e. The summed E-state index contributed by atoms with van der Waals surface area (Å²) in [5, 5.41) is 2.75. The summed E-state index contributed by atoms with van der Waals surface area (Å²) in [6.07, 6.45) is 2.33. The molecule has 0 radical (unpaired) electrons. The highest BCUT2D eigenvalue weighted by Crippen LogP contribution is 2.28. The van der Waals surface area contributed by atoms with Gasteiger partial charge in [-0.15, -0.1) is 0 Å². The van der Waals surface area contributed by atoms with Gasteiger partial charge in [0, 0.05) is 25.7 Å². The smallest absolute Gasteiger partial charge is 0.239 e. The van der Waals surface area contributed by atoms with E-state index < -0.39 is 0 Å². The Bertz CT molecular complexity index is 569. The van der Waals surface area contributed by atoms with Gasteiger partial charge in [0.2, 0.25) is 11.8 Å². The van der Waals surface area contributed by atoms with Crippen molar-refractivity contribution in [3.63, 3.8) is 0 Å². The molecule has 1 heterocycles. The summed E-state index contributed by atoms with van der Waals surface area (Å²) in [7, 11) is 0. The Morgan fingerprint density at radius 1 is 1.41 bits per heavy atom. The lowest BCUT2D eigenvalue weighted by Gasteiger charge is -2.30. The molecule has 1 aromatic carbocycles. The SMILES string of the molecule is Cc1cccc(CN(CC(=O)N2CCNC(=O)C2)C2CC2)c1. The highest BCUT2D eigenvalue weighted by atomic mass is 16.2. The number of amides is 2. The third kappa shape index (κ3) is 3.85. The Morgan fingerprint density at radius 3 is 2.91 bits per heavy atom. The maximum absolute atomic E-state index is 12.4. The predicted octanol–water partition coefficient (Wildman–Crippen LogP) is 0.918. The summed E-state index contributed by atoms with van der Waals surface area (Å²) in [4.78, 5) is 27.8. The quantitative estimate of drug-likeness (QED) is 0.880. The second kappa shape index (κ2) is 6.48. The van der Waals surface area contributed by atoms with Crippen molar-refractivity contribution in [2.24, 2.45) is 0 Å². The molecule has 0 unspecified atom stereocenters. The van der Waals surface area contributed by atoms with E-state index in [4.69, 9.17) is 0 Å². The molecule has 1 saturated carbocycles. The number of hydrogen-bond acceptors (Lipinski definition) is 3. The van der Waals surface area contributed by atoms with Crippen LogP contribution in [0.3, 0.4) is 0 Å². The first-order valence-electron chi connectivity index (χ1n) is 7.96. The van der Waals surface area contributed by atoms with Gasteiger partial charge in [0.05, 0.1) is 13.1 Å². The van der Waals surface area contributed by atoms with Crippen LogP contribution in [0.2, 0.25) is 0 Å². The highest BCUT2D eigenvalue weighted by molar-refractivity contribution is 5.86. The summed E-state index contributed by atoms with van der Waals surface area (Å²) in [5.41, 5.74) is 2.49. The molecule has 3 rings (SSSR count). The number of piperazine rings is 1. The molecule has 0 spiro atoms. The first-order chi connectivity index (χ1) is 10.6. The van der Waals surface area contributed by atoms with Gasteiger partial charge in [-0.2, -0.15) is 0 Å². The molecule has 1 aromatic rings. The second-order valence-corrected chi connectivity index (χ2v) is 6.29. The minimum atomic E-state index is -0.0590. The average molecular weight is 301 g/mol. The summed E-state index contributed by atoms with van der Waals surface area (Å²) < 4.78 is 0. The standard InChI is InChI=1S/C17H23N3O2/c1-13-3-2-4-14(9-13)10-20(15-5-6-15)12-17(22)19-8-7-18-16(21)11-19/h2-4,9,15H,5-8,10-12H2,1H3,(H,18,21). The van der Waals surface area contributed by atoms with Crippen LogP contribution in [0, 0.1) is 6.92 Å². The van der Waals surface area contributed by atoms with Gasteiger partial charge in [-0.05, 0) is 25.3 Å². The number of aryl methyl sites for hydroxylation is 1. The molecule has 1 aliphatic carbocycles. The molecule has 5 nitrogen and oxygen atoms in total.